The summed E-state index contributed by atoms with van der Waals surface area (Å²) in [6, 6.07) is 7.60. The van der Waals surface area contributed by atoms with E-state index in [-0.39, 0.29) is 0 Å². The number of anilines is 1. The molecule has 1 aromatic heterocycles. The highest BCUT2D eigenvalue weighted by atomic mass is 32.1. The van der Waals surface area contributed by atoms with Gasteiger partial charge in [0.05, 0.1) is 12.2 Å². The standard InChI is InChI=1S/C17H21N3O4S/c1-10-4-6-12(7-5-10)8-13-11(2)19-16(25-13)20-15(23)18-9-17(3,24)14(21)22/h4-7,24H,8-9H2,1-3H3,(H,21,22)(H2,18,19,20,23). The molecule has 0 bridgehead atoms. The molecule has 7 nitrogen and oxygen atoms in total. The van der Waals surface area contributed by atoms with Crippen LogP contribution >= 0.6 is 11.3 Å². The number of carbonyl (C=O) groups excluding carboxylic acids is 1. The summed E-state index contributed by atoms with van der Waals surface area (Å²) in [5.74, 6) is -1.40. The van der Waals surface area contributed by atoms with Crippen molar-refractivity contribution in [3.63, 3.8) is 0 Å². The van der Waals surface area contributed by atoms with Crippen molar-refractivity contribution in [3.8, 4) is 0 Å². The molecule has 1 heterocycles. The second-order valence-electron chi connectivity index (χ2n) is 6.08. The van der Waals surface area contributed by atoms with Crippen LogP contribution in [0.2, 0.25) is 0 Å². The Morgan fingerprint density at radius 2 is 1.88 bits per heavy atom. The molecular formula is C17H21N3O4S. The number of benzene rings is 1. The van der Waals surface area contributed by atoms with Crippen LogP contribution in [0, 0.1) is 13.8 Å². The highest BCUT2D eigenvalue weighted by molar-refractivity contribution is 7.15. The minimum Gasteiger partial charge on any atom is -0.479 e. The fraction of sp³-hybridized carbons (Fsp3) is 0.353. The molecule has 1 aromatic carbocycles. The van der Waals surface area contributed by atoms with Gasteiger partial charge in [-0.15, -0.1) is 11.3 Å². The molecule has 0 saturated heterocycles. The van der Waals surface area contributed by atoms with Crippen LogP contribution in [-0.2, 0) is 11.2 Å². The van der Waals surface area contributed by atoms with E-state index in [1.165, 1.54) is 16.9 Å². The summed E-state index contributed by atoms with van der Waals surface area (Å²) in [7, 11) is 0. The Bertz CT molecular complexity index is 769. The van der Waals surface area contributed by atoms with E-state index in [0.717, 1.165) is 29.5 Å². The summed E-state index contributed by atoms with van der Waals surface area (Å²) < 4.78 is 0. The van der Waals surface area contributed by atoms with Gasteiger partial charge in [-0.25, -0.2) is 14.6 Å². The van der Waals surface area contributed by atoms with Crippen molar-refractivity contribution >= 4 is 28.5 Å². The monoisotopic (exact) mass is 363 g/mol. The summed E-state index contributed by atoms with van der Waals surface area (Å²) in [6.45, 7) is 4.61. The van der Waals surface area contributed by atoms with Crippen LogP contribution in [-0.4, -0.2) is 39.3 Å². The van der Waals surface area contributed by atoms with E-state index in [1.54, 1.807) is 0 Å². The van der Waals surface area contributed by atoms with E-state index >= 15 is 0 Å². The molecule has 0 spiro atoms. The van der Waals surface area contributed by atoms with E-state index in [1.807, 2.05) is 26.0 Å². The molecule has 2 amide bonds. The van der Waals surface area contributed by atoms with Gasteiger partial charge >= 0.3 is 12.0 Å². The zero-order valence-electron chi connectivity index (χ0n) is 14.3. The van der Waals surface area contributed by atoms with Gasteiger partial charge in [0.2, 0.25) is 0 Å². The van der Waals surface area contributed by atoms with Gasteiger partial charge in [-0.2, -0.15) is 0 Å². The van der Waals surface area contributed by atoms with Crippen LogP contribution in [0.3, 0.4) is 0 Å². The van der Waals surface area contributed by atoms with Crippen LogP contribution in [0.25, 0.3) is 0 Å². The largest absolute Gasteiger partial charge is 0.479 e. The van der Waals surface area contributed by atoms with Crippen LogP contribution in [0.5, 0.6) is 0 Å². The predicted octanol–water partition coefficient (Wildman–Crippen LogP) is 2.31. The number of hydrogen-bond acceptors (Lipinski definition) is 5. The maximum absolute atomic E-state index is 11.8. The van der Waals surface area contributed by atoms with Crippen molar-refractivity contribution in [1.29, 1.82) is 0 Å². The van der Waals surface area contributed by atoms with Gasteiger partial charge in [-0.3, -0.25) is 5.32 Å². The lowest BCUT2D eigenvalue weighted by Gasteiger charge is -2.18. The van der Waals surface area contributed by atoms with Gasteiger partial charge in [0, 0.05) is 11.3 Å². The number of hydrogen-bond donors (Lipinski definition) is 4. The third-order valence-electron chi connectivity index (χ3n) is 3.65. The Labute approximate surface area is 149 Å². The van der Waals surface area contributed by atoms with Gasteiger partial charge < -0.3 is 15.5 Å². The third-order valence-corrected chi connectivity index (χ3v) is 4.73. The number of urea groups is 1. The number of nitrogens with one attached hydrogen (secondary N) is 2. The molecule has 134 valence electrons. The maximum atomic E-state index is 11.8. The molecule has 0 aliphatic heterocycles. The number of carboxylic acids is 1. The molecule has 1 unspecified atom stereocenters. The van der Waals surface area contributed by atoms with Crippen molar-refractivity contribution in [2.75, 3.05) is 11.9 Å². The Balaban J connectivity index is 1.96. The summed E-state index contributed by atoms with van der Waals surface area (Å²) in [5.41, 5.74) is 1.16. The molecule has 0 aliphatic rings. The number of nitrogens with zero attached hydrogens (tertiary/aromatic N) is 1. The molecule has 0 saturated carbocycles. The zero-order valence-corrected chi connectivity index (χ0v) is 15.1. The molecule has 0 fully saturated rings. The average Bonchev–Trinajstić information content (AvgIpc) is 2.87. The lowest BCUT2D eigenvalue weighted by molar-refractivity contribution is -0.155. The second kappa shape index (κ2) is 7.62. The quantitative estimate of drug-likeness (QED) is 0.629. The van der Waals surface area contributed by atoms with Crippen molar-refractivity contribution in [2.45, 2.75) is 32.8 Å². The Kier molecular flexibility index (Phi) is 5.76. The molecule has 1 atom stereocenters. The number of aromatic nitrogens is 1. The van der Waals surface area contributed by atoms with Gasteiger partial charge in [-0.1, -0.05) is 29.8 Å². The molecule has 0 radical (unpaired) electrons. The van der Waals surface area contributed by atoms with E-state index < -0.39 is 24.1 Å². The molecule has 25 heavy (non-hydrogen) atoms. The smallest absolute Gasteiger partial charge is 0.337 e. The third kappa shape index (κ3) is 5.27. The maximum Gasteiger partial charge on any atom is 0.337 e. The minimum atomic E-state index is -2.02. The summed E-state index contributed by atoms with van der Waals surface area (Å²) >= 11 is 1.36. The normalized spacial score (nSPS) is 13.1. The number of carbonyl (C=O) groups is 2. The van der Waals surface area contributed by atoms with Gasteiger partial charge in [0.1, 0.15) is 0 Å². The number of aliphatic hydroxyl groups is 1. The Hall–Kier alpha value is -2.45. The van der Waals surface area contributed by atoms with Crippen molar-refractivity contribution in [3.05, 3.63) is 46.0 Å². The van der Waals surface area contributed by atoms with E-state index in [0.29, 0.717) is 5.13 Å². The molecule has 2 aromatic rings. The van der Waals surface area contributed by atoms with Gasteiger partial charge in [-0.05, 0) is 26.3 Å². The highest BCUT2D eigenvalue weighted by Crippen LogP contribution is 2.25. The van der Waals surface area contributed by atoms with Crippen LogP contribution in [0.15, 0.2) is 24.3 Å². The van der Waals surface area contributed by atoms with Gasteiger partial charge in [0.25, 0.3) is 0 Å². The van der Waals surface area contributed by atoms with Crippen molar-refractivity contribution in [2.24, 2.45) is 0 Å². The van der Waals surface area contributed by atoms with Crippen LogP contribution < -0.4 is 10.6 Å². The number of carboxylic acid groups (broad SMARTS) is 1. The minimum absolute atomic E-state index is 0.408. The number of rotatable bonds is 6. The van der Waals surface area contributed by atoms with Gasteiger partial charge in [0.15, 0.2) is 10.7 Å². The predicted molar refractivity (Wildman–Crippen MR) is 96.1 cm³/mol. The van der Waals surface area contributed by atoms with E-state index in [4.69, 9.17) is 5.11 Å². The highest BCUT2D eigenvalue weighted by Gasteiger charge is 2.30. The first-order chi connectivity index (χ1) is 11.7. The SMILES string of the molecule is Cc1ccc(Cc2sc(NC(=O)NCC(C)(O)C(=O)O)nc2C)cc1. The fourth-order valence-corrected chi connectivity index (χ4v) is 3.00. The number of amides is 2. The lowest BCUT2D eigenvalue weighted by Crippen LogP contribution is -2.47. The number of aryl methyl sites for hydroxylation is 2. The first-order valence-electron chi connectivity index (χ1n) is 7.70. The fourth-order valence-electron chi connectivity index (χ4n) is 2.01. The van der Waals surface area contributed by atoms with E-state index in [9.17, 15) is 14.7 Å². The molecular weight excluding hydrogens is 342 g/mol. The van der Waals surface area contributed by atoms with Crippen molar-refractivity contribution in [1.82, 2.24) is 10.3 Å². The summed E-state index contributed by atoms with van der Waals surface area (Å²) in [5, 5.41) is 23.7. The second-order valence-corrected chi connectivity index (χ2v) is 7.16. The molecule has 2 rings (SSSR count). The first kappa shape index (κ1) is 18.9. The lowest BCUT2D eigenvalue weighted by atomic mass is 10.1. The number of thiazole rings is 1. The molecule has 4 N–H and O–H groups in total. The summed E-state index contributed by atoms with van der Waals surface area (Å²) in [4.78, 5) is 28.0. The van der Waals surface area contributed by atoms with Crippen molar-refractivity contribution < 1.29 is 19.8 Å². The van der Waals surface area contributed by atoms with Crippen LogP contribution in [0.4, 0.5) is 9.93 Å². The first-order valence-corrected chi connectivity index (χ1v) is 8.51. The topological polar surface area (TPSA) is 112 Å². The Morgan fingerprint density at radius 1 is 1.24 bits per heavy atom. The molecule has 8 heteroatoms. The molecule has 0 aliphatic carbocycles. The Morgan fingerprint density at radius 3 is 2.48 bits per heavy atom. The average molecular weight is 363 g/mol. The summed E-state index contributed by atoms with van der Waals surface area (Å²) in [6.07, 6.45) is 0.723. The van der Waals surface area contributed by atoms with Crippen LogP contribution in [0.1, 0.15) is 28.6 Å². The number of aliphatic carboxylic acids is 1. The van der Waals surface area contributed by atoms with E-state index in [2.05, 4.69) is 27.8 Å². The zero-order chi connectivity index (χ0) is 18.6.